The van der Waals surface area contributed by atoms with Crippen LogP contribution in [0.25, 0.3) is 22.2 Å². The van der Waals surface area contributed by atoms with Crippen molar-refractivity contribution in [1.82, 2.24) is 4.98 Å². The quantitative estimate of drug-likeness (QED) is 0.682. The second kappa shape index (κ2) is 4.04. The number of nitrogens with zero attached hydrogens (tertiary/aromatic N) is 1. The number of aromatic hydroxyl groups is 2. The smallest absolute Gasteiger partial charge is 0.124 e. The van der Waals surface area contributed by atoms with Crippen LogP contribution >= 0.6 is 0 Å². The minimum absolute atomic E-state index is 0.211. The van der Waals surface area contributed by atoms with E-state index in [2.05, 4.69) is 4.98 Å². The molecule has 2 aromatic carbocycles. The zero-order chi connectivity index (χ0) is 12.5. The van der Waals surface area contributed by atoms with Crippen LogP contribution in [-0.2, 0) is 0 Å². The average molecular weight is 237 g/mol. The number of fused-ring (bicyclic) bond motifs is 1. The summed E-state index contributed by atoms with van der Waals surface area (Å²) in [4.78, 5) is 4.48. The van der Waals surface area contributed by atoms with E-state index in [9.17, 15) is 10.2 Å². The molecule has 88 valence electrons. The van der Waals surface area contributed by atoms with Crippen molar-refractivity contribution in [3.63, 3.8) is 0 Å². The molecule has 0 bridgehead atoms. The van der Waals surface area contributed by atoms with Gasteiger partial charge in [-0.2, -0.15) is 0 Å². The molecule has 0 unspecified atom stereocenters. The summed E-state index contributed by atoms with van der Waals surface area (Å²) in [5.41, 5.74) is 2.20. The summed E-state index contributed by atoms with van der Waals surface area (Å²) < 4.78 is 0. The molecule has 0 amide bonds. The number of aromatic nitrogens is 1. The average Bonchev–Trinajstić information content (AvgIpc) is 2.39. The Labute approximate surface area is 104 Å². The number of phenols is 2. The number of phenolic OH excluding ortho intramolecular Hbond substituents is 2. The van der Waals surface area contributed by atoms with E-state index in [1.807, 2.05) is 24.3 Å². The van der Waals surface area contributed by atoms with Crippen LogP contribution < -0.4 is 0 Å². The highest BCUT2D eigenvalue weighted by atomic mass is 16.3. The van der Waals surface area contributed by atoms with Gasteiger partial charge in [0.05, 0.1) is 11.2 Å². The van der Waals surface area contributed by atoms with E-state index in [0.717, 1.165) is 10.9 Å². The predicted octanol–water partition coefficient (Wildman–Crippen LogP) is 3.31. The van der Waals surface area contributed by atoms with Crippen LogP contribution in [0, 0.1) is 0 Å². The second-order valence-corrected chi connectivity index (χ2v) is 4.09. The minimum atomic E-state index is 0.211. The molecule has 0 atom stereocenters. The SMILES string of the molecule is Oc1ccc2nc(-c3ccccc3O)ccc2c1. The molecule has 3 rings (SSSR count). The standard InChI is InChI=1S/C15H11NO2/c17-11-6-8-13-10(9-11)5-7-14(16-13)12-3-1-2-4-15(12)18/h1-9,17-18H. The second-order valence-electron chi connectivity index (χ2n) is 4.09. The van der Waals surface area contributed by atoms with E-state index >= 15 is 0 Å². The van der Waals surface area contributed by atoms with Crippen LogP contribution in [0.3, 0.4) is 0 Å². The highest BCUT2D eigenvalue weighted by molar-refractivity contribution is 5.83. The van der Waals surface area contributed by atoms with Gasteiger partial charge in [-0.3, -0.25) is 0 Å². The van der Waals surface area contributed by atoms with Gasteiger partial charge in [0.1, 0.15) is 11.5 Å². The maximum Gasteiger partial charge on any atom is 0.124 e. The summed E-state index contributed by atoms with van der Waals surface area (Å²) in [6.07, 6.45) is 0. The Kier molecular flexibility index (Phi) is 2.38. The van der Waals surface area contributed by atoms with E-state index in [1.54, 1.807) is 30.3 Å². The van der Waals surface area contributed by atoms with E-state index in [4.69, 9.17) is 0 Å². The normalized spacial score (nSPS) is 10.7. The molecule has 2 N–H and O–H groups in total. The van der Waals surface area contributed by atoms with Crippen LogP contribution in [0.2, 0.25) is 0 Å². The lowest BCUT2D eigenvalue weighted by atomic mass is 10.1. The molecule has 0 radical (unpaired) electrons. The Morgan fingerprint density at radius 2 is 1.67 bits per heavy atom. The van der Waals surface area contributed by atoms with Crippen molar-refractivity contribution >= 4 is 10.9 Å². The largest absolute Gasteiger partial charge is 0.508 e. The lowest BCUT2D eigenvalue weighted by molar-refractivity contribution is 0.475. The number of benzene rings is 2. The van der Waals surface area contributed by atoms with Crippen LogP contribution in [0.4, 0.5) is 0 Å². The molecule has 1 heterocycles. The van der Waals surface area contributed by atoms with Crippen molar-refractivity contribution < 1.29 is 10.2 Å². The van der Waals surface area contributed by atoms with Crippen molar-refractivity contribution in [2.45, 2.75) is 0 Å². The van der Waals surface area contributed by atoms with Crippen molar-refractivity contribution in [2.75, 3.05) is 0 Å². The number of pyridine rings is 1. The predicted molar refractivity (Wildman–Crippen MR) is 70.5 cm³/mol. The first-order chi connectivity index (χ1) is 8.74. The summed E-state index contributed by atoms with van der Waals surface area (Å²) >= 11 is 0. The first-order valence-corrected chi connectivity index (χ1v) is 5.62. The topological polar surface area (TPSA) is 53.4 Å². The highest BCUT2D eigenvalue weighted by Gasteiger charge is 2.05. The number of hydrogen-bond donors (Lipinski definition) is 2. The minimum Gasteiger partial charge on any atom is -0.508 e. The molecule has 0 aliphatic heterocycles. The van der Waals surface area contributed by atoms with Gasteiger partial charge in [0.25, 0.3) is 0 Å². The van der Waals surface area contributed by atoms with Gasteiger partial charge in [0.2, 0.25) is 0 Å². The van der Waals surface area contributed by atoms with Gasteiger partial charge in [-0.25, -0.2) is 4.98 Å². The fourth-order valence-electron chi connectivity index (χ4n) is 1.95. The molecule has 1 aromatic heterocycles. The summed E-state index contributed by atoms with van der Waals surface area (Å²) in [6.45, 7) is 0. The van der Waals surface area contributed by atoms with Gasteiger partial charge in [-0.1, -0.05) is 18.2 Å². The summed E-state index contributed by atoms with van der Waals surface area (Å²) in [6, 6.07) is 15.8. The molecule has 0 saturated heterocycles. The third-order valence-electron chi connectivity index (χ3n) is 2.85. The molecule has 0 spiro atoms. The van der Waals surface area contributed by atoms with Crippen molar-refractivity contribution in [3.05, 3.63) is 54.6 Å². The Balaban J connectivity index is 2.20. The van der Waals surface area contributed by atoms with Crippen LogP contribution in [0.1, 0.15) is 0 Å². The van der Waals surface area contributed by atoms with E-state index < -0.39 is 0 Å². The number of rotatable bonds is 1. The van der Waals surface area contributed by atoms with E-state index in [0.29, 0.717) is 11.3 Å². The van der Waals surface area contributed by atoms with Crippen molar-refractivity contribution in [3.8, 4) is 22.8 Å². The molecule has 3 heteroatoms. The highest BCUT2D eigenvalue weighted by Crippen LogP contribution is 2.29. The molecule has 3 aromatic rings. The van der Waals surface area contributed by atoms with Gasteiger partial charge in [-0.05, 0) is 36.4 Å². The van der Waals surface area contributed by atoms with Gasteiger partial charge >= 0.3 is 0 Å². The molecule has 0 fully saturated rings. The lowest BCUT2D eigenvalue weighted by Gasteiger charge is -2.05. The Hall–Kier alpha value is -2.55. The fourth-order valence-corrected chi connectivity index (χ4v) is 1.95. The zero-order valence-electron chi connectivity index (χ0n) is 9.54. The van der Waals surface area contributed by atoms with Crippen LogP contribution in [0.15, 0.2) is 54.6 Å². The Morgan fingerprint density at radius 1 is 0.833 bits per heavy atom. The maximum absolute atomic E-state index is 9.80. The summed E-state index contributed by atoms with van der Waals surface area (Å²) in [7, 11) is 0. The van der Waals surface area contributed by atoms with Gasteiger partial charge in [0, 0.05) is 10.9 Å². The maximum atomic E-state index is 9.80. The van der Waals surface area contributed by atoms with Crippen molar-refractivity contribution in [1.29, 1.82) is 0 Å². The van der Waals surface area contributed by atoms with Crippen molar-refractivity contribution in [2.24, 2.45) is 0 Å². The molecule has 18 heavy (non-hydrogen) atoms. The Morgan fingerprint density at radius 3 is 2.50 bits per heavy atom. The first-order valence-electron chi connectivity index (χ1n) is 5.62. The molecule has 0 aliphatic rings. The van der Waals surface area contributed by atoms with Gasteiger partial charge in [-0.15, -0.1) is 0 Å². The molecular weight excluding hydrogens is 226 g/mol. The molecular formula is C15H11NO2. The molecule has 0 aliphatic carbocycles. The third-order valence-corrected chi connectivity index (χ3v) is 2.85. The van der Waals surface area contributed by atoms with Crippen LogP contribution in [-0.4, -0.2) is 15.2 Å². The molecule has 3 nitrogen and oxygen atoms in total. The number of para-hydroxylation sites is 1. The zero-order valence-corrected chi connectivity index (χ0v) is 9.54. The van der Waals surface area contributed by atoms with Gasteiger partial charge < -0.3 is 10.2 Å². The van der Waals surface area contributed by atoms with Gasteiger partial charge in [0.15, 0.2) is 0 Å². The summed E-state index contributed by atoms with van der Waals surface area (Å²) in [5, 5.41) is 20.1. The third kappa shape index (κ3) is 1.76. The first kappa shape index (κ1) is 10.6. The Bertz CT molecular complexity index is 723. The lowest BCUT2D eigenvalue weighted by Crippen LogP contribution is -1.85. The molecule has 0 saturated carbocycles. The van der Waals surface area contributed by atoms with E-state index in [1.165, 1.54) is 0 Å². The fraction of sp³-hybridized carbons (Fsp3) is 0. The monoisotopic (exact) mass is 237 g/mol. The summed E-state index contributed by atoms with van der Waals surface area (Å²) in [5.74, 6) is 0.433. The van der Waals surface area contributed by atoms with E-state index in [-0.39, 0.29) is 11.5 Å². The van der Waals surface area contributed by atoms with Crippen LogP contribution in [0.5, 0.6) is 11.5 Å². The number of hydrogen-bond acceptors (Lipinski definition) is 3.